The average molecular weight is 316 g/mol. The van der Waals surface area contributed by atoms with Gasteiger partial charge in [-0.05, 0) is 18.4 Å². The maximum Gasteiger partial charge on any atom is 0.417 e. The van der Waals surface area contributed by atoms with Gasteiger partial charge in [0.2, 0.25) is 0 Å². The topological polar surface area (TPSA) is 54.9 Å². The molecule has 1 heterocycles. The molecular formula is C13H11F3N2O2S. The third-order valence-corrected chi connectivity index (χ3v) is 3.79. The van der Waals surface area contributed by atoms with E-state index in [-0.39, 0.29) is 21.7 Å². The van der Waals surface area contributed by atoms with Crippen molar-refractivity contribution in [3.8, 4) is 11.3 Å². The number of aryl methyl sites for hydroxylation is 1. The molecule has 0 saturated carbocycles. The van der Waals surface area contributed by atoms with Crippen LogP contribution in [0.15, 0.2) is 27.9 Å². The van der Waals surface area contributed by atoms with Gasteiger partial charge in [-0.2, -0.15) is 13.2 Å². The third kappa shape index (κ3) is 2.76. The molecule has 21 heavy (non-hydrogen) atoms. The zero-order chi connectivity index (χ0) is 15.8. The Bertz CT molecular complexity index is 747. The second-order valence-corrected chi connectivity index (χ2v) is 5.14. The van der Waals surface area contributed by atoms with Gasteiger partial charge in [-0.3, -0.25) is 19.4 Å². The lowest BCUT2D eigenvalue weighted by molar-refractivity contribution is -0.139. The standard InChI is InChI=1S/C13H11F3N2O2S/c1-18-12(20)8(6-19)11(17-18)7-3-4-10(21-2)9(5-7)13(14,15)16/h3-6,17H,1-2H3. The largest absolute Gasteiger partial charge is 0.417 e. The van der Waals surface area contributed by atoms with E-state index in [1.165, 1.54) is 19.2 Å². The first-order valence-electron chi connectivity index (χ1n) is 5.79. The lowest BCUT2D eigenvalue weighted by Gasteiger charge is -2.12. The van der Waals surface area contributed by atoms with Crippen molar-refractivity contribution in [1.29, 1.82) is 0 Å². The number of H-pyrrole nitrogens is 1. The van der Waals surface area contributed by atoms with Crippen LogP contribution < -0.4 is 5.56 Å². The first kappa shape index (κ1) is 15.4. The van der Waals surface area contributed by atoms with E-state index >= 15 is 0 Å². The Morgan fingerprint density at radius 2 is 2.00 bits per heavy atom. The molecule has 0 unspecified atom stereocenters. The Morgan fingerprint density at radius 1 is 1.33 bits per heavy atom. The number of alkyl halides is 3. The van der Waals surface area contributed by atoms with Crippen molar-refractivity contribution >= 4 is 18.0 Å². The number of aromatic nitrogens is 2. The molecule has 0 bridgehead atoms. The maximum atomic E-state index is 13.0. The summed E-state index contributed by atoms with van der Waals surface area (Å²) in [6.45, 7) is 0. The highest BCUT2D eigenvalue weighted by Crippen LogP contribution is 2.38. The zero-order valence-electron chi connectivity index (χ0n) is 11.1. The molecule has 0 radical (unpaired) electrons. The number of thioether (sulfide) groups is 1. The number of nitrogens with zero attached hydrogens (tertiary/aromatic N) is 1. The molecule has 0 aliphatic rings. The van der Waals surface area contributed by atoms with E-state index in [0.29, 0.717) is 6.29 Å². The molecule has 1 aromatic heterocycles. The normalized spacial score (nSPS) is 11.7. The second-order valence-electron chi connectivity index (χ2n) is 4.30. The van der Waals surface area contributed by atoms with Gasteiger partial charge in [0.1, 0.15) is 5.56 Å². The minimum atomic E-state index is -4.51. The van der Waals surface area contributed by atoms with Crippen molar-refractivity contribution in [3.63, 3.8) is 0 Å². The fourth-order valence-corrected chi connectivity index (χ4v) is 2.58. The predicted octanol–water partition coefficient (Wildman–Crippen LogP) is 2.93. The molecule has 0 saturated heterocycles. The molecule has 4 nitrogen and oxygen atoms in total. The van der Waals surface area contributed by atoms with E-state index in [2.05, 4.69) is 5.10 Å². The van der Waals surface area contributed by atoms with Crippen molar-refractivity contribution in [1.82, 2.24) is 9.78 Å². The van der Waals surface area contributed by atoms with Gasteiger partial charge in [-0.1, -0.05) is 6.07 Å². The van der Waals surface area contributed by atoms with E-state index in [1.807, 2.05) is 0 Å². The molecule has 1 N–H and O–H groups in total. The zero-order valence-corrected chi connectivity index (χ0v) is 11.9. The Kier molecular flexibility index (Phi) is 3.99. The van der Waals surface area contributed by atoms with Crippen LogP contribution in [0.25, 0.3) is 11.3 Å². The highest BCUT2D eigenvalue weighted by Gasteiger charge is 2.34. The third-order valence-electron chi connectivity index (χ3n) is 3.00. The predicted molar refractivity (Wildman–Crippen MR) is 73.6 cm³/mol. The van der Waals surface area contributed by atoms with Crippen LogP contribution >= 0.6 is 11.8 Å². The number of hydrogen-bond acceptors (Lipinski definition) is 3. The Morgan fingerprint density at radius 3 is 2.52 bits per heavy atom. The highest BCUT2D eigenvalue weighted by atomic mass is 32.2. The van der Waals surface area contributed by atoms with Gasteiger partial charge in [0.05, 0.1) is 11.3 Å². The molecule has 0 spiro atoms. The van der Waals surface area contributed by atoms with Crippen LogP contribution in [-0.4, -0.2) is 22.3 Å². The molecule has 0 amide bonds. The fourth-order valence-electron chi connectivity index (χ4n) is 1.98. The number of aromatic amines is 1. The monoisotopic (exact) mass is 316 g/mol. The smallest absolute Gasteiger partial charge is 0.298 e. The van der Waals surface area contributed by atoms with Crippen molar-refractivity contribution in [2.45, 2.75) is 11.1 Å². The first-order chi connectivity index (χ1) is 9.79. The number of halogens is 3. The van der Waals surface area contributed by atoms with Crippen LogP contribution in [0.1, 0.15) is 15.9 Å². The number of carbonyl (C=O) groups excluding carboxylic acids is 1. The number of rotatable bonds is 3. The molecule has 8 heteroatoms. The fraction of sp³-hybridized carbons (Fsp3) is 0.231. The Labute approximate surface area is 121 Å². The van der Waals surface area contributed by atoms with E-state index in [1.54, 1.807) is 6.26 Å². The van der Waals surface area contributed by atoms with Gasteiger partial charge in [0.15, 0.2) is 6.29 Å². The molecule has 0 aliphatic heterocycles. The summed E-state index contributed by atoms with van der Waals surface area (Å²) < 4.78 is 40.2. The van der Waals surface area contributed by atoms with Crippen LogP contribution in [0.2, 0.25) is 0 Å². The van der Waals surface area contributed by atoms with E-state index < -0.39 is 17.3 Å². The van der Waals surface area contributed by atoms with Crippen LogP contribution in [0, 0.1) is 0 Å². The summed E-state index contributed by atoms with van der Waals surface area (Å²) in [6, 6.07) is 3.70. The van der Waals surface area contributed by atoms with E-state index in [9.17, 15) is 22.8 Å². The van der Waals surface area contributed by atoms with Crippen LogP contribution in [0.4, 0.5) is 13.2 Å². The van der Waals surface area contributed by atoms with Crippen molar-refractivity contribution in [2.75, 3.05) is 6.26 Å². The second kappa shape index (κ2) is 5.44. The first-order valence-corrected chi connectivity index (χ1v) is 7.02. The molecule has 0 fully saturated rings. The molecular weight excluding hydrogens is 305 g/mol. The lowest BCUT2D eigenvalue weighted by Crippen LogP contribution is -2.14. The van der Waals surface area contributed by atoms with Crippen LogP contribution in [0.5, 0.6) is 0 Å². The summed E-state index contributed by atoms with van der Waals surface area (Å²) in [6.07, 6.45) is -2.62. The minimum absolute atomic E-state index is 0.0793. The maximum absolute atomic E-state index is 13.0. The van der Waals surface area contributed by atoms with Gasteiger partial charge in [0, 0.05) is 17.5 Å². The van der Waals surface area contributed by atoms with Gasteiger partial charge in [-0.25, -0.2) is 0 Å². The summed E-state index contributed by atoms with van der Waals surface area (Å²) in [7, 11) is 1.39. The van der Waals surface area contributed by atoms with Crippen LogP contribution in [0.3, 0.4) is 0 Å². The molecule has 2 rings (SSSR count). The van der Waals surface area contributed by atoms with Gasteiger partial charge < -0.3 is 0 Å². The molecule has 2 aromatic rings. The quantitative estimate of drug-likeness (QED) is 0.700. The van der Waals surface area contributed by atoms with Crippen LogP contribution in [-0.2, 0) is 13.2 Å². The molecule has 0 aliphatic carbocycles. The lowest BCUT2D eigenvalue weighted by atomic mass is 10.1. The minimum Gasteiger partial charge on any atom is -0.298 e. The van der Waals surface area contributed by atoms with Crippen molar-refractivity contribution < 1.29 is 18.0 Å². The summed E-state index contributed by atoms with van der Waals surface area (Å²) in [5.74, 6) is 0. The average Bonchev–Trinajstić information content (AvgIpc) is 2.72. The molecule has 0 atom stereocenters. The van der Waals surface area contributed by atoms with Crippen molar-refractivity contribution in [2.24, 2.45) is 7.05 Å². The summed E-state index contributed by atoms with van der Waals surface area (Å²) in [5, 5.41) is 2.60. The molecule has 1 aromatic carbocycles. The number of hydrogen-bond donors (Lipinski definition) is 1. The number of benzene rings is 1. The van der Waals surface area contributed by atoms with Gasteiger partial charge in [0.25, 0.3) is 5.56 Å². The van der Waals surface area contributed by atoms with E-state index in [0.717, 1.165) is 22.5 Å². The molecule has 112 valence electrons. The number of nitrogens with one attached hydrogen (secondary N) is 1. The Balaban J connectivity index is 2.69. The summed E-state index contributed by atoms with van der Waals surface area (Å²) in [4.78, 5) is 22.7. The van der Waals surface area contributed by atoms with Gasteiger partial charge in [-0.15, -0.1) is 11.8 Å². The highest BCUT2D eigenvalue weighted by molar-refractivity contribution is 7.98. The SMILES string of the molecule is CSc1ccc(-c2[nH]n(C)c(=O)c2C=O)cc1C(F)(F)F. The number of carbonyl (C=O) groups is 1. The Hall–Kier alpha value is -1.96. The van der Waals surface area contributed by atoms with Gasteiger partial charge >= 0.3 is 6.18 Å². The van der Waals surface area contributed by atoms with Crippen molar-refractivity contribution in [3.05, 3.63) is 39.7 Å². The summed E-state index contributed by atoms with van der Waals surface area (Å²) >= 11 is 0.978. The number of aldehydes is 1. The summed E-state index contributed by atoms with van der Waals surface area (Å²) in [5.41, 5.74) is -1.35. The van der Waals surface area contributed by atoms with E-state index in [4.69, 9.17) is 0 Å².